The van der Waals surface area contributed by atoms with Gasteiger partial charge in [0.2, 0.25) is 0 Å². The number of hydrogen-bond acceptors (Lipinski definition) is 4. The molecule has 0 aromatic carbocycles. The average molecular weight is 269 g/mol. The van der Waals surface area contributed by atoms with Crippen LogP contribution in [0.4, 0.5) is 5.82 Å². The Morgan fingerprint density at radius 2 is 2.28 bits per heavy atom. The maximum Gasteiger partial charge on any atom is 0.140 e. The Morgan fingerprint density at radius 3 is 3.06 bits per heavy atom. The molecule has 0 spiro atoms. The minimum Gasteiger partial charge on any atom is -0.308 e. The van der Waals surface area contributed by atoms with E-state index in [1.807, 2.05) is 6.07 Å². The summed E-state index contributed by atoms with van der Waals surface area (Å²) in [4.78, 5) is 6.85. The number of nitrogens with two attached hydrogens (primary N) is 1. The first-order chi connectivity index (χ1) is 8.69. The van der Waals surface area contributed by atoms with E-state index in [1.165, 1.54) is 19.3 Å². The standard InChI is InChI=1S/C13H21ClN4/c1-10-3-2-7-18(8-6-10)9-12-11(14)4-5-13(16-12)17-15/h4-5,10H,2-3,6-9,15H2,1H3,(H,16,17). The monoisotopic (exact) mass is 268 g/mol. The molecule has 2 rings (SSSR count). The third-order valence-electron chi connectivity index (χ3n) is 3.55. The molecule has 0 bridgehead atoms. The van der Waals surface area contributed by atoms with Gasteiger partial charge >= 0.3 is 0 Å². The zero-order valence-electron chi connectivity index (χ0n) is 10.8. The summed E-state index contributed by atoms with van der Waals surface area (Å²) in [6.07, 6.45) is 3.84. The second-order valence-electron chi connectivity index (χ2n) is 5.08. The quantitative estimate of drug-likeness (QED) is 0.654. The molecule has 2 heterocycles. The molecular weight excluding hydrogens is 248 g/mol. The summed E-state index contributed by atoms with van der Waals surface area (Å²) < 4.78 is 0. The van der Waals surface area contributed by atoms with Crippen LogP contribution < -0.4 is 11.3 Å². The Labute approximate surface area is 113 Å². The van der Waals surface area contributed by atoms with Crippen molar-refractivity contribution in [2.24, 2.45) is 11.8 Å². The molecule has 5 heteroatoms. The predicted octanol–water partition coefficient (Wildman–Crippen LogP) is 2.64. The first kappa shape index (κ1) is 13.6. The molecule has 1 aliphatic heterocycles. The van der Waals surface area contributed by atoms with Gasteiger partial charge in [0.05, 0.1) is 10.7 Å². The Hall–Kier alpha value is -0.840. The van der Waals surface area contributed by atoms with E-state index in [1.54, 1.807) is 6.07 Å². The number of hydrogen-bond donors (Lipinski definition) is 2. The molecule has 1 unspecified atom stereocenters. The molecule has 3 N–H and O–H groups in total. The van der Waals surface area contributed by atoms with Crippen LogP contribution in [0.3, 0.4) is 0 Å². The first-order valence-electron chi connectivity index (χ1n) is 6.53. The highest BCUT2D eigenvalue weighted by molar-refractivity contribution is 6.31. The summed E-state index contributed by atoms with van der Waals surface area (Å²) in [6, 6.07) is 3.63. The van der Waals surface area contributed by atoms with Gasteiger partial charge in [0, 0.05) is 6.54 Å². The van der Waals surface area contributed by atoms with Gasteiger partial charge in [-0.15, -0.1) is 0 Å². The Bertz CT molecular complexity index is 397. The van der Waals surface area contributed by atoms with Gasteiger partial charge in [-0.1, -0.05) is 18.5 Å². The van der Waals surface area contributed by atoms with Crippen LogP contribution in [0.2, 0.25) is 5.02 Å². The maximum atomic E-state index is 6.18. The predicted molar refractivity (Wildman–Crippen MR) is 75.3 cm³/mol. The summed E-state index contributed by atoms with van der Waals surface area (Å²) >= 11 is 6.18. The van der Waals surface area contributed by atoms with E-state index < -0.39 is 0 Å². The van der Waals surface area contributed by atoms with Crippen molar-refractivity contribution in [1.29, 1.82) is 0 Å². The molecule has 1 fully saturated rings. The highest BCUT2D eigenvalue weighted by Gasteiger charge is 2.15. The fourth-order valence-corrected chi connectivity index (χ4v) is 2.53. The smallest absolute Gasteiger partial charge is 0.140 e. The van der Waals surface area contributed by atoms with Gasteiger partial charge in [0.25, 0.3) is 0 Å². The molecule has 1 saturated heterocycles. The summed E-state index contributed by atoms with van der Waals surface area (Å²) in [5.74, 6) is 6.87. The number of nitrogens with one attached hydrogen (secondary N) is 1. The number of nitrogens with zero attached hydrogens (tertiary/aromatic N) is 2. The molecule has 0 radical (unpaired) electrons. The minimum atomic E-state index is 0.664. The summed E-state index contributed by atoms with van der Waals surface area (Å²) in [7, 11) is 0. The van der Waals surface area contributed by atoms with E-state index in [2.05, 4.69) is 22.2 Å². The van der Waals surface area contributed by atoms with Gasteiger partial charge in [-0.05, 0) is 50.4 Å². The van der Waals surface area contributed by atoms with Crippen molar-refractivity contribution in [3.8, 4) is 0 Å². The molecule has 0 aliphatic carbocycles. The van der Waals surface area contributed by atoms with Crippen LogP contribution in [0.1, 0.15) is 31.9 Å². The van der Waals surface area contributed by atoms with Crippen molar-refractivity contribution < 1.29 is 0 Å². The first-order valence-corrected chi connectivity index (χ1v) is 6.91. The Kier molecular flexibility index (Phi) is 4.80. The Balaban J connectivity index is 2.03. The highest BCUT2D eigenvalue weighted by Crippen LogP contribution is 2.21. The second-order valence-corrected chi connectivity index (χ2v) is 5.49. The topological polar surface area (TPSA) is 54.2 Å². The van der Waals surface area contributed by atoms with E-state index in [-0.39, 0.29) is 0 Å². The van der Waals surface area contributed by atoms with Crippen LogP contribution in [0.5, 0.6) is 0 Å². The number of hydrazine groups is 1. The van der Waals surface area contributed by atoms with E-state index >= 15 is 0 Å². The van der Waals surface area contributed by atoms with Gasteiger partial charge in [-0.25, -0.2) is 10.8 Å². The molecule has 1 aliphatic rings. The molecule has 18 heavy (non-hydrogen) atoms. The summed E-state index contributed by atoms with van der Waals surface area (Å²) in [5, 5.41) is 0.714. The van der Waals surface area contributed by atoms with Gasteiger partial charge in [0.1, 0.15) is 5.82 Å². The number of likely N-dealkylation sites (tertiary alicyclic amines) is 1. The lowest BCUT2D eigenvalue weighted by Crippen LogP contribution is -2.25. The summed E-state index contributed by atoms with van der Waals surface area (Å²) in [6.45, 7) is 5.39. The second kappa shape index (κ2) is 6.36. The van der Waals surface area contributed by atoms with Crippen LogP contribution in [-0.2, 0) is 6.54 Å². The minimum absolute atomic E-state index is 0.664. The van der Waals surface area contributed by atoms with Crippen molar-refractivity contribution in [2.75, 3.05) is 18.5 Å². The van der Waals surface area contributed by atoms with Crippen LogP contribution >= 0.6 is 11.6 Å². The summed E-state index contributed by atoms with van der Waals surface area (Å²) in [5.41, 5.74) is 3.47. The normalized spacial score (nSPS) is 21.6. The SMILES string of the molecule is CC1CCCN(Cc2nc(NN)ccc2Cl)CC1. The third kappa shape index (κ3) is 3.57. The molecular formula is C13H21ClN4. The lowest BCUT2D eigenvalue weighted by atomic mass is 10.0. The number of anilines is 1. The fraction of sp³-hybridized carbons (Fsp3) is 0.615. The van der Waals surface area contributed by atoms with Crippen molar-refractivity contribution >= 4 is 17.4 Å². The fourth-order valence-electron chi connectivity index (χ4n) is 2.37. The maximum absolute atomic E-state index is 6.18. The van der Waals surface area contributed by atoms with Crippen LogP contribution in [0.15, 0.2) is 12.1 Å². The van der Waals surface area contributed by atoms with E-state index in [4.69, 9.17) is 17.4 Å². The average Bonchev–Trinajstić information content (AvgIpc) is 2.57. The van der Waals surface area contributed by atoms with Gasteiger partial charge in [0.15, 0.2) is 0 Å². The molecule has 1 aromatic rings. The van der Waals surface area contributed by atoms with Crippen molar-refractivity contribution in [2.45, 2.75) is 32.7 Å². The third-order valence-corrected chi connectivity index (χ3v) is 3.89. The van der Waals surface area contributed by atoms with Gasteiger partial charge < -0.3 is 5.43 Å². The zero-order chi connectivity index (χ0) is 13.0. The van der Waals surface area contributed by atoms with E-state index in [0.717, 1.165) is 31.2 Å². The Morgan fingerprint density at radius 1 is 1.44 bits per heavy atom. The number of nitrogen functional groups attached to an aromatic ring is 1. The highest BCUT2D eigenvalue weighted by atomic mass is 35.5. The van der Waals surface area contributed by atoms with E-state index in [9.17, 15) is 0 Å². The number of halogens is 1. The van der Waals surface area contributed by atoms with Gasteiger partial charge in [-0.3, -0.25) is 4.90 Å². The molecule has 0 amide bonds. The van der Waals surface area contributed by atoms with Gasteiger partial charge in [-0.2, -0.15) is 0 Å². The molecule has 1 atom stereocenters. The van der Waals surface area contributed by atoms with Crippen LogP contribution in [0, 0.1) is 5.92 Å². The molecule has 0 saturated carbocycles. The molecule has 100 valence electrons. The largest absolute Gasteiger partial charge is 0.308 e. The lowest BCUT2D eigenvalue weighted by Gasteiger charge is -2.20. The van der Waals surface area contributed by atoms with Crippen molar-refractivity contribution in [3.05, 3.63) is 22.8 Å². The van der Waals surface area contributed by atoms with Crippen LogP contribution in [0.25, 0.3) is 0 Å². The number of rotatable bonds is 3. The molecule has 4 nitrogen and oxygen atoms in total. The van der Waals surface area contributed by atoms with Crippen molar-refractivity contribution in [1.82, 2.24) is 9.88 Å². The zero-order valence-corrected chi connectivity index (χ0v) is 11.6. The molecule has 1 aromatic heterocycles. The van der Waals surface area contributed by atoms with Crippen LogP contribution in [-0.4, -0.2) is 23.0 Å². The van der Waals surface area contributed by atoms with Crippen molar-refractivity contribution in [3.63, 3.8) is 0 Å². The number of pyridine rings is 1. The lowest BCUT2D eigenvalue weighted by molar-refractivity contribution is 0.270. The number of aromatic nitrogens is 1. The van der Waals surface area contributed by atoms with E-state index in [0.29, 0.717) is 10.8 Å².